The van der Waals surface area contributed by atoms with Gasteiger partial charge < -0.3 is 0 Å². The van der Waals surface area contributed by atoms with Crippen molar-refractivity contribution >= 4 is 0 Å². The molecule has 0 amide bonds. The standard InChI is InChI=1S/3C9H11.Ir/c3*1-7-4-8(2)6-9(3)5-7;/h3*4-5H,1-3H3;/q3*-1;+3. The molecule has 0 saturated heterocycles. The van der Waals surface area contributed by atoms with Crippen molar-refractivity contribution in [2.45, 2.75) is 62.3 Å². The molecule has 0 saturated carbocycles. The molecule has 0 aliphatic heterocycles. The first-order valence-electron chi connectivity index (χ1n) is 9.46. The normalized spacial score (nSPS) is 9.32. The van der Waals surface area contributed by atoms with E-state index in [2.05, 4.69) is 117 Å². The molecule has 0 nitrogen and oxygen atoms in total. The van der Waals surface area contributed by atoms with Crippen LogP contribution in [0.15, 0.2) is 36.4 Å². The number of rotatable bonds is 0. The fourth-order valence-electron chi connectivity index (χ4n) is 3.32. The van der Waals surface area contributed by atoms with Crippen molar-refractivity contribution in [2.75, 3.05) is 0 Å². The Kier molecular flexibility index (Phi) is 11.9. The summed E-state index contributed by atoms with van der Waals surface area (Å²) in [6, 6.07) is 22.4. The fourth-order valence-corrected chi connectivity index (χ4v) is 3.32. The molecule has 3 aromatic rings. The first kappa shape index (κ1) is 26.3. The Morgan fingerprint density at radius 3 is 0.607 bits per heavy atom. The maximum absolute atomic E-state index is 3.21. The molecule has 3 rings (SSSR count). The summed E-state index contributed by atoms with van der Waals surface area (Å²) in [6.45, 7) is 18.7. The van der Waals surface area contributed by atoms with Crippen LogP contribution in [0.4, 0.5) is 0 Å². The van der Waals surface area contributed by atoms with Gasteiger partial charge in [-0.05, 0) is 0 Å². The summed E-state index contributed by atoms with van der Waals surface area (Å²) in [5, 5.41) is 0. The zero-order valence-corrected chi connectivity index (χ0v) is 21.2. The topological polar surface area (TPSA) is 0 Å². The van der Waals surface area contributed by atoms with Crippen LogP contribution in [-0.4, -0.2) is 0 Å². The molecule has 0 N–H and O–H groups in total. The molecule has 0 heterocycles. The fraction of sp³-hybridized carbons (Fsp3) is 0.333. The Balaban J connectivity index is 0.000000384. The average molecular weight is 550 g/mol. The van der Waals surface area contributed by atoms with Gasteiger partial charge in [-0.2, -0.15) is 105 Å². The Labute approximate surface area is 186 Å². The predicted molar refractivity (Wildman–Crippen MR) is 118 cm³/mol. The third kappa shape index (κ3) is 11.2. The monoisotopic (exact) mass is 550 g/mol. The van der Waals surface area contributed by atoms with Gasteiger partial charge in [0.05, 0.1) is 0 Å². The molecule has 0 aliphatic carbocycles. The molecular weight excluding hydrogens is 517 g/mol. The van der Waals surface area contributed by atoms with Gasteiger partial charge in [0, 0.05) is 0 Å². The zero-order chi connectivity index (χ0) is 20.6. The second-order valence-electron chi connectivity index (χ2n) is 7.57. The second-order valence-corrected chi connectivity index (χ2v) is 7.57. The van der Waals surface area contributed by atoms with Gasteiger partial charge in [0.2, 0.25) is 0 Å². The smallest absolute Gasteiger partial charge is 0.177 e. The van der Waals surface area contributed by atoms with E-state index in [4.69, 9.17) is 0 Å². The molecular formula is C27H33Ir. The first-order valence-corrected chi connectivity index (χ1v) is 9.46. The van der Waals surface area contributed by atoms with Crippen molar-refractivity contribution in [3.05, 3.63) is 105 Å². The van der Waals surface area contributed by atoms with Crippen LogP contribution >= 0.6 is 0 Å². The molecule has 1 heteroatoms. The SMILES string of the molecule is Cc1[c-]c(C)cc(C)c1.Cc1[c-]c(C)cc(C)c1.Cc1[c-]c(C)cc(C)c1.[Ir+3]. The van der Waals surface area contributed by atoms with Crippen LogP contribution in [0.1, 0.15) is 50.1 Å². The van der Waals surface area contributed by atoms with Gasteiger partial charge >= 0.3 is 20.1 Å². The summed E-state index contributed by atoms with van der Waals surface area (Å²) >= 11 is 0. The molecule has 0 bridgehead atoms. The van der Waals surface area contributed by atoms with Crippen molar-refractivity contribution < 1.29 is 20.1 Å². The number of aryl methyl sites for hydroxylation is 9. The van der Waals surface area contributed by atoms with E-state index in [1.807, 2.05) is 0 Å². The largest absolute Gasteiger partial charge is 3.00 e. The quantitative estimate of drug-likeness (QED) is 0.260. The minimum atomic E-state index is 0. The number of benzene rings is 3. The summed E-state index contributed by atoms with van der Waals surface area (Å²) in [4.78, 5) is 0. The van der Waals surface area contributed by atoms with Crippen LogP contribution in [0.2, 0.25) is 0 Å². The molecule has 0 unspecified atom stereocenters. The number of hydrogen-bond acceptors (Lipinski definition) is 0. The molecule has 0 fully saturated rings. The molecule has 28 heavy (non-hydrogen) atoms. The van der Waals surface area contributed by atoms with Crippen molar-refractivity contribution in [3.8, 4) is 0 Å². The summed E-state index contributed by atoms with van der Waals surface area (Å²) < 4.78 is 0. The Hall–Kier alpha value is -1.69. The van der Waals surface area contributed by atoms with E-state index in [0.717, 1.165) is 0 Å². The van der Waals surface area contributed by atoms with E-state index < -0.39 is 0 Å². The summed E-state index contributed by atoms with van der Waals surface area (Å²) in [6.07, 6.45) is 0. The molecule has 3 aromatic carbocycles. The van der Waals surface area contributed by atoms with Gasteiger partial charge in [0.15, 0.2) is 0 Å². The van der Waals surface area contributed by atoms with Crippen LogP contribution in [0.25, 0.3) is 0 Å². The predicted octanol–water partition coefficient (Wildman–Crippen LogP) is 7.23. The van der Waals surface area contributed by atoms with E-state index in [9.17, 15) is 0 Å². The molecule has 0 atom stereocenters. The maximum Gasteiger partial charge on any atom is 3.00 e. The van der Waals surface area contributed by atoms with Gasteiger partial charge in [-0.3, -0.25) is 0 Å². The Bertz CT molecular complexity index is 606. The third-order valence-corrected chi connectivity index (χ3v) is 3.85. The van der Waals surface area contributed by atoms with Crippen molar-refractivity contribution in [1.29, 1.82) is 0 Å². The van der Waals surface area contributed by atoms with Crippen molar-refractivity contribution in [1.82, 2.24) is 0 Å². The minimum Gasteiger partial charge on any atom is -0.177 e. The van der Waals surface area contributed by atoms with Crippen molar-refractivity contribution in [2.24, 2.45) is 0 Å². The van der Waals surface area contributed by atoms with Crippen LogP contribution in [-0.2, 0) is 20.1 Å². The van der Waals surface area contributed by atoms with E-state index in [1.54, 1.807) is 0 Å². The molecule has 0 aromatic heterocycles. The second kappa shape index (κ2) is 12.7. The van der Waals surface area contributed by atoms with Gasteiger partial charge in [-0.25, -0.2) is 0 Å². The molecule has 0 spiro atoms. The number of hydrogen-bond donors (Lipinski definition) is 0. The average Bonchev–Trinajstić information content (AvgIpc) is 2.43. The molecule has 150 valence electrons. The van der Waals surface area contributed by atoms with E-state index in [1.165, 1.54) is 50.1 Å². The van der Waals surface area contributed by atoms with E-state index in [-0.39, 0.29) is 20.1 Å². The molecule has 0 aliphatic rings. The maximum atomic E-state index is 3.21. The van der Waals surface area contributed by atoms with E-state index in [0.29, 0.717) is 0 Å². The van der Waals surface area contributed by atoms with Crippen LogP contribution in [0, 0.1) is 80.5 Å². The summed E-state index contributed by atoms with van der Waals surface area (Å²) in [5.41, 5.74) is 11.3. The third-order valence-electron chi connectivity index (χ3n) is 3.85. The van der Waals surface area contributed by atoms with Crippen LogP contribution in [0.5, 0.6) is 0 Å². The Morgan fingerprint density at radius 2 is 0.500 bits per heavy atom. The minimum absolute atomic E-state index is 0. The van der Waals surface area contributed by atoms with Gasteiger partial charge in [-0.15, -0.1) is 0 Å². The molecule has 0 radical (unpaired) electrons. The summed E-state index contributed by atoms with van der Waals surface area (Å²) in [5.74, 6) is 0. The van der Waals surface area contributed by atoms with Gasteiger partial charge in [0.1, 0.15) is 0 Å². The van der Waals surface area contributed by atoms with E-state index >= 15 is 0 Å². The first-order chi connectivity index (χ1) is 12.5. The van der Waals surface area contributed by atoms with Crippen LogP contribution in [0.3, 0.4) is 0 Å². The zero-order valence-electron chi connectivity index (χ0n) is 18.8. The van der Waals surface area contributed by atoms with Gasteiger partial charge in [-0.1, -0.05) is 62.3 Å². The van der Waals surface area contributed by atoms with Gasteiger partial charge in [0.25, 0.3) is 0 Å². The Morgan fingerprint density at radius 1 is 0.357 bits per heavy atom. The summed E-state index contributed by atoms with van der Waals surface area (Å²) in [7, 11) is 0. The van der Waals surface area contributed by atoms with Crippen LogP contribution < -0.4 is 0 Å². The van der Waals surface area contributed by atoms with Crippen molar-refractivity contribution in [3.63, 3.8) is 0 Å².